The summed E-state index contributed by atoms with van der Waals surface area (Å²) in [4.78, 5) is 12.1. The number of hydrogen-bond acceptors (Lipinski definition) is 2. The zero-order chi connectivity index (χ0) is 11.7. The Hall–Kier alpha value is -1.81. The molecule has 1 aromatic heterocycles. The molecular formula is C12H14N2O2. The highest BCUT2D eigenvalue weighted by molar-refractivity contribution is 5.79. The smallest absolute Gasteiger partial charge is 0.333 e. The van der Waals surface area contributed by atoms with Crippen molar-refractivity contribution in [2.75, 3.05) is 6.61 Å². The molecule has 2 aromatic rings. The zero-order valence-electron chi connectivity index (χ0n) is 9.18. The van der Waals surface area contributed by atoms with Gasteiger partial charge in [-0.15, -0.1) is 0 Å². The van der Waals surface area contributed by atoms with Crippen LogP contribution in [0.2, 0.25) is 0 Å². The molecule has 0 aliphatic rings. The Balaban J connectivity index is 2.86. The first-order valence-corrected chi connectivity index (χ1v) is 5.14. The Kier molecular flexibility index (Phi) is 2.66. The number of nitrogens with zero attached hydrogens (tertiary/aromatic N) is 2. The van der Waals surface area contributed by atoms with Crippen LogP contribution in [0.5, 0.6) is 0 Å². The fourth-order valence-electron chi connectivity index (χ4n) is 1.89. The standard InChI is InChI=1S/C12H14N2O2/c1-9(2)14-11-6-4-3-5-10(11)13(7-8-15)12(14)16/h3-6,15H,1,7-8H2,2H3. The van der Waals surface area contributed by atoms with Crippen molar-refractivity contribution < 1.29 is 5.11 Å². The lowest BCUT2D eigenvalue weighted by atomic mass is 10.3. The molecule has 0 spiro atoms. The van der Waals surface area contributed by atoms with Gasteiger partial charge in [-0.25, -0.2) is 4.79 Å². The number of hydrogen-bond donors (Lipinski definition) is 1. The third kappa shape index (κ3) is 1.47. The number of aliphatic hydroxyl groups is 1. The van der Waals surface area contributed by atoms with Crippen LogP contribution in [0, 0.1) is 0 Å². The molecule has 0 saturated heterocycles. The third-order valence-electron chi connectivity index (χ3n) is 2.54. The minimum absolute atomic E-state index is 0.0515. The van der Waals surface area contributed by atoms with Crippen molar-refractivity contribution in [2.45, 2.75) is 13.5 Å². The maximum absolute atomic E-state index is 12.1. The van der Waals surface area contributed by atoms with Crippen LogP contribution < -0.4 is 5.69 Å². The number of benzene rings is 1. The fraction of sp³-hybridized carbons (Fsp3) is 0.250. The average Bonchev–Trinajstić information content (AvgIpc) is 2.53. The molecule has 1 N–H and O–H groups in total. The van der Waals surface area contributed by atoms with E-state index >= 15 is 0 Å². The molecule has 84 valence electrons. The third-order valence-corrected chi connectivity index (χ3v) is 2.54. The predicted octanol–water partition coefficient (Wildman–Crippen LogP) is 1.29. The summed E-state index contributed by atoms with van der Waals surface area (Å²) in [6.07, 6.45) is 0. The van der Waals surface area contributed by atoms with Crippen LogP contribution in [0.25, 0.3) is 16.7 Å². The van der Waals surface area contributed by atoms with E-state index in [2.05, 4.69) is 6.58 Å². The van der Waals surface area contributed by atoms with Gasteiger partial charge in [0.1, 0.15) is 0 Å². The van der Waals surface area contributed by atoms with Gasteiger partial charge in [-0.05, 0) is 19.1 Å². The SMILES string of the molecule is C=C(C)n1c(=O)n(CCO)c2ccccc21. The van der Waals surface area contributed by atoms with E-state index in [4.69, 9.17) is 5.11 Å². The summed E-state index contributed by atoms with van der Waals surface area (Å²) in [6.45, 7) is 5.84. The summed E-state index contributed by atoms with van der Waals surface area (Å²) in [5.41, 5.74) is 2.18. The van der Waals surface area contributed by atoms with E-state index in [1.165, 1.54) is 0 Å². The Labute approximate surface area is 93.1 Å². The summed E-state index contributed by atoms with van der Waals surface area (Å²) < 4.78 is 3.12. The maximum atomic E-state index is 12.1. The second-order valence-electron chi connectivity index (χ2n) is 3.72. The van der Waals surface area contributed by atoms with Crippen LogP contribution in [0.3, 0.4) is 0 Å². The quantitative estimate of drug-likeness (QED) is 0.843. The molecule has 0 atom stereocenters. The highest BCUT2D eigenvalue weighted by Crippen LogP contribution is 2.15. The van der Waals surface area contributed by atoms with Crippen molar-refractivity contribution in [3.05, 3.63) is 41.3 Å². The molecule has 0 aliphatic carbocycles. The van der Waals surface area contributed by atoms with Crippen LogP contribution >= 0.6 is 0 Å². The molecule has 0 unspecified atom stereocenters. The first-order chi connectivity index (χ1) is 7.66. The number of aromatic nitrogens is 2. The molecule has 0 aliphatic heterocycles. The zero-order valence-corrected chi connectivity index (χ0v) is 9.18. The van der Waals surface area contributed by atoms with Gasteiger partial charge >= 0.3 is 5.69 Å². The second-order valence-corrected chi connectivity index (χ2v) is 3.72. The van der Waals surface area contributed by atoms with E-state index in [0.29, 0.717) is 12.2 Å². The van der Waals surface area contributed by atoms with Crippen molar-refractivity contribution in [3.63, 3.8) is 0 Å². The van der Waals surface area contributed by atoms with E-state index < -0.39 is 0 Å². The fourth-order valence-corrected chi connectivity index (χ4v) is 1.89. The van der Waals surface area contributed by atoms with Gasteiger partial charge in [0.25, 0.3) is 0 Å². The Morgan fingerprint density at radius 3 is 2.56 bits per heavy atom. The summed E-state index contributed by atoms with van der Waals surface area (Å²) in [5.74, 6) is 0. The van der Waals surface area contributed by atoms with Gasteiger partial charge in [-0.3, -0.25) is 9.13 Å². The van der Waals surface area contributed by atoms with Crippen molar-refractivity contribution in [1.82, 2.24) is 9.13 Å². The summed E-state index contributed by atoms with van der Waals surface area (Å²) >= 11 is 0. The first kappa shape index (κ1) is 10.7. The molecule has 1 aromatic carbocycles. The summed E-state index contributed by atoms with van der Waals surface area (Å²) in [7, 11) is 0. The maximum Gasteiger partial charge on any atom is 0.333 e. The van der Waals surface area contributed by atoms with Crippen LogP contribution in [-0.4, -0.2) is 20.8 Å². The molecular weight excluding hydrogens is 204 g/mol. The lowest BCUT2D eigenvalue weighted by Gasteiger charge is -1.99. The lowest BCUT2D eigenvalue weighted by molar-refractivity contribution is 0.276. The predicted molar refractivity (Wildman–Crippen MR) is 64.3 cm³/mol. The van der Waals surface area contributed by atoms with E-state index in [1.54, 1.807) is 16.1 Å². The number of fused-ring (bicyclic) bond motifs is 1. The minimum atomic E-state index is -0.150. The Morgan fingerprint density at radius 2 is 2.00 bits per heavy atom. The van der Waals surface area contributed by atoms with Crippen molar-refractivity contribution in [2.24, 2.45) is 0 Å². The molecule has 4 nitrogen and oxygen atoms in total. The normalized spacial score (nSPS) is 10.9. The van der Waals surface area contributed by atoms with Gasteiger partial charge in [0.15, 0.2) is 0 Å². The van der Waals surface area contributed by atoms with Gasteiger partial charge in [-0.2, -0.15) is 0 Å². The molecule has 0 saturated carbocycles. The molecule has 0 bridgehead atoms. The minimum Gasteiger partial charge on any atom is -0.395 e. The van der Waals surface area contributed by atoms with Crippen LogP contribution in [0.15, 0.2) is 35.6 Å². The van der Waals surface area contributed by atoms with Crippen molar-refractivity contribution >= 4 is 16.7 Å². The van der Waals surface area contributed by atoms with Crippen molar-refractivity contribution in [1.29, 1.82) is 0 Å². The second kappa shape index (κ2) is 3.98. The number of rotatable bonds is 3. The highest BCUT2D eigenvalue weighted by atomic mass is 16.3. The van der Waals surface area contributed by atoms with E-state index in [1.807, 2.05) is 24.3 Å². The highest BCUT2D eigenvalue weighted by Gasteiger charge is 2.11. The molecule has 0 radical (unpaired) electrons. The van der Waals surface area contributed by atoms with Gasteiger partial charge in [0, 0.05) is 5.70 Å². The van der Waals surface area contributed by atoms with E-state index in [-0.39, 0.29) is 12.3 Å². The first-order valence-electron chi connectivity index (χ1n) is 5.14. The van der Waals surface area contributed by atoms with Crippen molar-refractivity contribution in [3.8, 4) is 0 Å². The van der Waals surface area contributed by atoms with Crippen LogP contribution in [0.1, 0.15) is 6.92 Å². The van der Waals surface area contributed by atoms with Gasteiger partial charge in [-0.1, -0.05) is 18.7 Å². The number of allylic oxidation sites excluding steroid dienone is 1. The topological polar surface area (TPSA) is 47.2 Å². The number of aliphatic hydroxyl groups excluding tert-OH is 1. The van der Waals surface area contributed by atoms with Gasteiger partial charge < -0.3 is 5.11 Å². The largest absolute Gasteiger partial charge is 0.395 e. The molecule has 1 heterocycles. The molecule has 0 amide bonds. The molecule has 0 fully saturated rings. The van der Waals surface area contributed by atoms with Gasteiger partial charge in [0.2, 0.25) is 0 Å². The van der Waals surface area contributed by atoms with Crippen LogP contribution in [-0.2, 0) is 6.54 Å². The molecule has 2 rings (SSSR count). The van der Waals surface area contributed by atoms with E-state index in [0.717, 1.165) is 11.0 Å². The summed E-state index contributed by atoms with van der Waals surface area (Å²) in [6, 6.07) is 7.49. The molecule has 4 heteroatoms. The number of para-hydroxylation sites is 2. The van der Waals surface area contributed by atoms with Gasteiger partial charge in [0.05, 0.1) is 24.2 Å². The molecule has 16 heavy (non-hydrogen) atoms. The summed E-state index contributed by atoms with van der Waals surface area (Å²) in [5, 5.41) is 8.96. The Morgan fingerprint density at radius 1 is 1.38 bits per heavy atom. The lowest BCUT2D eigenvalue weighted by Crippen LogP contribution is -2.24. The monoisotopic (exact) mass is 218 g/mol. The number of imidazole rings is 1. The average molecular weight is 218 g/mol. The Bertz CT molecular complexity index is 593. The van der Waals surface area contributed by atoms with E-state index in [9.17, 15) is 4.79 Å². The van der Waals surface area contributed by atoms with Crippen LogP contribution in [0.4, 0.5) is 0 Å².